The largest absolute Gasteiger partial charge is 0.492 e. The Morgan fingerprint density at radius 2 is 1.94 bits per heavy atom. The standard InChI is InChI=1S/C21H20F3N3O4/c1-20(2,27-18(28)9-8-16(26-27)17-7-4-11-31-17)19(29)25-10-12-30-15-6-3-5-14(13-15)21(22,23)24/h3-9,11,13H,10,12H2,1-2H3,(H,25,29). The van der Waals surface area contributed by atoms with Crippen LogP contribution in [0.1, 0.15) is 19.4 Å². The van der Waals surface area contributed by atoms with Crippen molar-refractivity contribution in [1.29, 1.82) is 0 Å². The van der Waals surface area contributed by atoms with E-state index in [1.54, 1.807) is 12.1 Å². The van der Waals surface area contributed by atoms with Gasteiger partial charge in [-0.05, 0) is 50.2 Å². The van der Waals surface area contributed by atoms with E-state index in [4.69, 9.17) is 9.15 Å². The molecule has 0 aliphatic rings. The van der Waals surface area contributed by atoms with E-state index in [0.29, 0.717) is 11.5 Å². The van der Waals surface area contributed by atoms with Crippen LogP contribution in [-0.4, -0.2) is 28.8 Å². The molecule has 0 fully saturated rings. The molecule has 0 aliphatic heterocycles. The van der Waals surface area contributed by atoms with Gasteiger partial charge in [-0.3, -0.25) is 9.59 Å². The second-order valence-electron chi connectivity index (χ2n) is 7.13. The van der Waals surface area contributed by atoms with Crippen molar-refractivity contribution in [3.05, 3.63) is 70.7 Å². The van der Waals surface area contributed by atoms with Crippen LogP contribution in [0.3, 0.4) is 0 Å². The Kier molecular flexibility index (Phi) is 6.19. The lowest BCUT2D eigenvalue weighted by Crippen LogP contribution is -2.50. The zero-order valence-electron chi connectivity index (χ0n) is 16.8. The Morgan fingerprint density at radius 1 is 1.16 bits per heavy atom. The summed E-state index contributed by atoms with van der Waals surface area (Å²) >= 11 is 0. The van der Waals surface area contributed by atoms with Crippen LogP contribution >= 0.6 is 0 Å². The van der Waals surface area contributed by atoms with Crippen molar-refractivity contribution in [2.24, 2.45) is 0 Å². The summed E-state index contributed by atoms with van der Waals surface area (Å²) in [5, 5.41) is 6.84. The van der Waals surface area contributed by atoms with Crippen LogP contribution in [0.15, 0.2) is 64.0 Å². The number of hydrogen-bond acceptors (Lipinski definition) is 5. The Bertz CT molecular complexity index is 1110. The molecule has 0 saturated heterocycles. The predicted molar refractivity (Wildman–Crippen MR) is 105 cm³/mol. The lowest BCUT2D eigenvalue weighted by molar-refractivity contribution is -0.137. The molecule has 2 heterocycles. The molecule has 2 aromatic heterocycles. The normalized spacial score (nSPS) is 11.9. The maximum atomic E-state index is 12.8. The Balaban J connectivity index is 1.63. The molecule has 0 aliphatic carbocycles. The van der Waals surface area contributed by atoms with Crippen molar-refractivity contribution in [3.8, 4) is 17.2 Å². The lowest BCUT2D eigenvalue weighted by atomic mass is 10.0. The molecule has 1 amide bonds. The zero-order chi connectivity index (χ0) is 22.6. The molecular weight excluding hydrogens is 415 g/mol. The molecule has 3 rings (SSSR count). The van der Waals surface area contributed by atoms with Crippen molar-refractivity contribution in [2.45, 2.75) is 25.6 Å². The van der Waals surface area contributed by atoms with E-state index < -0.39 is 28.7 Å². The van der Waals surface area contributed by atoms with Crippen LogP contribution in [0.25, 0.3) is 11.5 Å². The van der Waals surface area contributed by atoms with Crippen LogP contribution in [0, 0.1) is 0 Å². The number of alkyl halides is 3. The highest BCUT2D eigenvalue weighted by Gasteiger charge is 2.32. The lowest BCUT2D eigenvalue weighted by Gasteiger charge is -2.25. The smallest absolute Gasteiger partial charge is 0.416 e. The summed E-state index contributed by atoms with van der Waals surface area (Å²) in [6, 6.07) is 10.6. The molecule has 0 radical (unpaired) electrons. The number of carbonyl (C=O) groups is 1. The average Bonchev–Trinajstić information content (AvgIpc) is 3.25. The minimum atomic E-state index is -4.47. The molecule has 10 heteroatoms. The van der Waals surface area contributed by atoms with E-state index in [1.807, 2.05) is 0 Å². The highest BCUT2D eigenvalue weighted by molar-refractivity contribution is 5.83. The fourth-order valence-corrected chi connectivity index (χ4v) is 2.78. The van der Waals surface area contributed by atoms with Crippen molar-refractivity contribution < 1.29 is 27.1 Å². The molecule has 0 unspecified atom stereocenters. The van der Waals surface area contributed by atoms with Gasteiger partial charge in [0.1, 0.15) is 23.6 Å². The van der Waals surface area contributed by atoms with Gasteiger partial charge in [0.2, 0.25) is 5.91 Å². The summed E-state index contributed by atoms with van der Waals surface area (Å²) in [6.07, 6.45) is -3.00. The maximum Gasteiger partial charge on any atom is 0.416 e. The van der Waals surface area contributed by atoms with Crippen LogP contribution in [0.5, 0.6) is 5.75 Å². The van der Waals surface area contributed by atoms with Crippen molar-refractivity contribution in [1.82, 2.24) is 15.1 Å². The second kappa shape index (κ2) is 8.66. The number of rotatable bonds is 7. The molecule has 1 N–H and O–H groups in total. The zero-order valence-corrected chi connectivity index (χ0v) is 16.8. The highest BCUT2D eigenvalue weighted by Crippen LogP contribution is 2.31. The first kappa shape index (κ1) is 22.1. The number of benzene rings is 1. The van der Waals surface area contributed by atoms with Crippen molar-refractivity contribution in [2.75, 3.05) is 13.2 Å². The molecule has 0 saturated carbocycles. The van der Waals surface area contributed by atoms with Gasteiger partial charge in [0.15, 0.2) is 5.76 Å². The van der Waals surface area contributed by atoms with E-state index >= 15 is 0 Å². The van der Waals surface area contributed by atoms with Crippen LogP contribution in [0.4, 0.5) is 13.2 Å². The van der Waals surface area contributed by atoms with Gasteiger partial charge >= 0.3 is 6.18 Å². The molecule has 7 nitrogen and oxygen atoms in total. The summed E-state index contributed by atoms with van der Waals surface area (Å²) in [5.41, 5.74) is -2.25. The molecule has 3 aromatic rings. The SMILES string of the molecule is CC(C)(C(=O)NCCOc1cccc(C(F)(F)F)c1)n1nc(-c2ccco2)ccc1=O. The first-order valence-corrected chi connectivity index (χ1v) is 9.32. The molecular formula is C21H20F3N3O4. The summed E-state index contributed by atoms with van der Waals surface area (Å²) in [4.78, 5) is 25.0. The van der Waals surface area contributed by atoms with Crippen LogP contribution in [-0.2, 0) is 16.5 Å². The third kappa shape index (κ3) is 5.14. The van der Waals surface area contributed by atoms with E-state index in [9.17, 15) is 22.8 Å². The third-order valence-corrected chi connectivity index (χ3v) is 4.48. The second-order valence-corrected chi connectivity index (χ2v) is 7.13. The van der Waals surface area contributed by atoms with Gasteiger partial charge in [0, 0.05) is 6.07 Å². The fraction of sp³-hybridized carbons (Fsp3) is 0.286. The number of furan rings is 1. The van der Waals surface area contributed by atoms with Crippen molar-refractivity contribution >= 4 is 5.91 Å². The number of hydrogen-bond donors (Lipinski definition) is 1. The molecule has 0 spiro atoms. The molecule has 164 valence electrons. The summed E-state index contributed by atoms with van der Waals surface area (Å²) < 4.78 is 49.9. The monoisotopic (exact) mass is 435 g/mol. The number of carbonyl (C=O) groups excluding carboxylic acids is 1. The van der Waals surface area contributed by atoms with Gasteiger partial charge in [0.25, 0.3) is 5.56 Å². The van der Waals surface area contributed by atoms with Gasteiger partial charge in [-0.2, -0.15) is 18.3 Å². The van der Waals surface area contributed by atoms with Gasteiger partial charge in [-0.15, -0.1) is 0 Å². The van der Waals surface area contributed by atoms with Gasteiger partial charge in [0.05, 0.1) is 18.4 Å². The average molecular weight is 435 g/mol. The maximum absolute atomic E-state index is 12.8. The quantitative estimate of drug-likeness (QED) is 0.575. The van der Waals surface area contributed by atoms with Crippen molar-refractivity contribution in [3.63, 3.8) is 0 Å². The van der Waals surface area contributed by atoms with Gasteiger partial charge in [-0.25, -0.2) is 4.68 Å². The number of amides is 1. The summed E-state index contributed by atoms with van der Waals surface area (Å²) in [6.45, 7) is 3.01. The molecule has 0 bridgehead atoms. The number of halogens is 3. The van der Waals surface area contributed by atoms with Gasteiger partial charge in [-0.1, -0.05) is 6.07 Å². The first-order chi connectivity index (χ1) is 14.6. The van der Waals surface area contributed by atoms with E-state index in [2.05, 4.69) is 10.4 Å². The van der Waals surface area contributed by atoms with Gasteiger partial charge < -0.3 is 14.5 Å². The molecule has 1 aromatic carbocycles. The van der Waals surface area contributed by atoms with E-state index in [-0.39, 0.29) is 18.9 Å². The number of nitrogens with one attached hydrogen (secondary N) is 1. The Morgan fingerprint density at radius 3 is 2.61 bits per heavy atom. The predicted octanol–water partition coefficient (Wildman–Crippen LogP) is 3.45. The van der Waals surface area contributed by atoms with E-state index in [0.717, 1.165) is 16.8 Å². The summed E-state index contributed by atoms with van der Waals surface area (Å²) in [7, 11) is 0. The Labute approximate surface area is 175 Å². The molecule has 31 heavy (non-hydrogen) atoms. The minimum absolute atomic E-state index is 0.0190. The Hall–Kier alpha value is -3.56. The molecule has 0 atom stereocenters. The number of nitrogens with zero attached hydrogens (tertiary/aromatic N) is 2. The van der Waals surface area contributed by atoms with Crippen LogP contribution in [0.2, 0.25) is 0 Å². The number of aromatic nitrogens is 2. The first-order valence-electron chi connectivity index (χ1n) is 9.32. The highest BCUT2D eigenvalue weighted by atomic mass is 19.4. The number of ether oxygens (including phenoxy) is 1. The topological polar surface area (TPSA) is 86.4 Å². The minimum Gasteiger partial charge on any atom is -0.492 e. The third-order valence-electron chi connectivity index (χ3n) is 4.48. The fourth-order valence-electron chi connectivity index (χ4n) is 2.78. The van der Waals surface area contributed by atoms with Crippen LogP contribution < -0.4 is 15.6 Å². The summed E-state index contributed by atoms with van der Waals surface area (Å²) in [5.74, 6) is -0.0295. The van der Waals surface area contributed by atoms with E-state index in [1.165, 1.54) is 44.4 Å².